The van der Waals surface area contributed by atoms with Crippen molar-refractivity contribution in [3.8, 4) is 5.75 Å². The molecule has 2 aromatic carbocycles. The lowest BCUT2D eigenvalue weighted by atomic mass is 10.1. The maximum absolute atomic E-state index is 12.9. The Labute approximate surface area is 156 Å². The van der Waals surface area contributed by atoms with Gasteiger partial charge in [-0.05, 0) is 51.1 Å². The van der Waals surface area contributed by atoms with Gasteiger partial charge in [-0.25, -0.2) is 4.79 Å². The van der Waals surface area contributed by atoms with E-state index in [4.69, 9.17) is 9.15 Å². The lowest BCUT2D eigenvalue weighted by Crippen LogP contribution is -2.41. The van der Waals surface area contributed by atoms with Crippen LogP contribution >= 0.6 is 11.8 Å². The highest BCUT2D eigenvalue weighted by Gasteiger charge is 2.43. The largest absolute Gasteiger partial charge is 0.494 e. The summed E-state index contributed by atoms with van der Waals surface area (Å²) < 4.78 is 11.2. The molecule has 3 aromatic rings. The number of anilines is 1. The first kappa shape index (κ1) is 17.0. The summed E-state index contributed by atoms with van der Waals surface area (Å²) in [5, 5.41) is 0.900. The normalized spacial score (nSPS) is 19.0. The molecule has 0 saturated carbocycles. The third-order valence-electron chi connectivity index (χ3n) is 4.81. The van der Waals surface area contributed by atoms with Crippen LogP contribution in [-0.2, 0) is 4.87 Å². The van der Waals surface area contributed by atoms with Gasteiger partial charge in [-0.1, -0.05) is 23.9 Å². The van der Waals surface area contributed by atoms with Crippen molar-refractivity contribution in [3.05, 3.63) is 64.5 Å². The third-order valence-corrected chi connectivity index (χ3v) is 6.22. The van der Waals surface area contributed by atoms with E-state index in [-0.39, 0.29) is 5.63 Å². The summed E-state index contributed by atoms with van der Waals surface area (Å²) in [4.78, 5) is 15.8. The van der Waals surface area contributed by atoms with Crippen LogP contribution in [0, 0.1) is 0 Å². The summed E-state index contributed by atoms with van der Waals surface area (Å²) in [6.07, 6.45) is 0. The Kier molecular flexibility index (Phi) is 4.19. The maximum Gasteiger partial charge on any atom is 0.342 e. The van der Waals surface area contributed by atoms with Crippen molar-refractivity contribution in [3.63, 3.8) is 0 Å². The Morgan fingerprint density at radius 1 is 1.15 bits per heavy atom. The number of hydrogen-bond donors (Lipinski definition) is 0. The molecule has 0 fully saturated rings. The molecule has 26 heavy (non-hydrogen) atoms. The fourth-order valence-corrected chi connectivity index (χ4v) is 5.06. The Balaban J connectivity index is 1.85. The van der Waals surface area contributed by atoms with Gasteiger partial charge in [-0.15, -0.1) is 0 Å². The molecule has 0 radical (unpaired) electrons. The van der Waals surface area contributed by atoms with Gasteiger partial charge in [0.1, 0.15) is 16.2 Å². The molecule has 0 N–H and O–H groups in total. The van der Waals surface area contributed by atoms with Crippen molar-refractivity contribution >= 4 is 28.4 Å². The number of benzene rings is 2. The van der Waals surface area contributed by atoms with Crippen molar-refractivity contribution in [1.29, 1.82) is 0 Å². The molecule has 1 aliphatic rings. The third kappa shape index (κ3) is 2.58. The summed E-state index contributed by atoms with van der Waals surface area (Å²) in [7, 11) is 0. The molecule has 1 aliphatic heterocycles. The van der Waals surface area contributed by atoms with Gasteiger partial charge in [0, 0.05) is 22.9 Å². The first-order valence-corrected chi connectivity index (χ1v) is 9.65. The summed E-state index contributed by atoms with van der Waals surface area (Å²) in [5.74, 6) is 0.708. The summed E-state index contributed by atoms with van der Waals surface area (Å²) in [6.45, 7) is 7.51. The summed E-state index contributed by atoms with van der Waals surface area (Å²) >= 11 is 1.70. The zero-order valence-corrected chi connectivity index (χ0v) is 15.9. The van der Waals surface area contributed by atoms with Crippen LogP contribution in [0.15, 0.2) is 62.6 Å². The topological polar surface area (TPSA) is 42.7 Å². The number of ether oxygens (including phenoxy) is 1. The molecule has 0 amide bonds. The second-order valence-corrected chi connectivity index (χ2v) is 7.82. The minimum absolute atomic E-state index is 0.299. The lowest BCUT2D eigenvalue weighted by molar-refractivity contribution is 0.340. The van der Waals surface area contributed by atoms with Crippen LogP contribution in [0.25, 0.3) is 11.0 Å². The minimum Gasteiger partial charge on any atom is -0.494 e. The first-order chi connectivity index (χ1) is 12.6. The Hall–Kier alpha value is -2.40. The fourth-order valence-electron chi connectivity index (χ4n) is 3.61. The van der Waals surface area contributed by atoms with Crippen LogP contribution in [-0.4, -0.2) is 13.2 Å². The number of nitrogens with zero attached hydrogens (tertiary/aromatic N) is 1. The zero-order chi connectivity index (χ0) is 18.3. The van der Waals surface area contributed by atoms with E-state index in [1.54, 1.807) is 17.8 Å². The van der Waals surface area contributed by atoms with Crippen molar-refractivity contribution in [2.24, 2.45) is 0 Å². The molecule has 0 aliphatic carbocycles. The quantitative estimate of drug-likeness (QED) is 0.607. The van der Waals surface area contributed by atoms with E-state index >= 15 is 0 Å². The highest BCUT2D eigenvalue weighted by Crippen LogP contribution is 2.54. The van der Waals surface area contributed by atoms with Gasteiger partial charge in [0.05, 0.1) is 17.9 Å². The Morgan fingerprint density at radius 3 is 2.73 bits per heavy atom. The number of para-hydroxylation sites is 1. The molecular formula is C21H21NO3S. The molecule has 1 aromatic heterocycles. The number of fused-ring (bicyclic) bond motifs is 2. The van der Waals surface area contributed by atoms with Crippen LogP contribution in [0.3, 0.4) is 0 Å². The predicted molar refractivity (Wildman–Crippen MR) is 106 cm³/mol. The monoisotopic (exact) mass is 367 g/mol. The lowest BCUT2D eigenvalue weighted by Gasteiger charge is -2.35. The van der Waals surface area contributed by atoms with Gasteiger partial charge < -0.3 is 14.1 Å². The van der Waals surface area contributed by atoms with Gasteiger partial charge in [0.2, 0.25) is 0 Å². The molecule has 2 heterocycles. The molecule has 0 bridgehead atoms. The second kappa shape index (κ2) is 6.40. The van der Waals surface area contributed by atoms with Crippen LogP contribution in [0.2, 0.25) is 0 Å². The van der Waals surface area contributed by atoms with E-state index in [0.717, 1.165) is 17.6 Å². The predicted octanol–water partition coefficient (Wildman–Crippen LogP) is 5.00. The molecule has 1 atom stereocenters. The molecule has 4 nitrogen and oxygen atoms in total. The maximum atomic E-state index is 12.9. The average molecular weight is 367 g/mol. The van der Waals surface area contributed by atoms with Crippen molar-refractivity contribution < 1.29 is 9.15 Å². The van der Waals surface area contributed by atoms with Crippen LogP contribution in [0.4, 0.5) is 5.69 Å². The van der Waals surface area contributed by atoms with Gasteiger partial charge in [0.25, 0.3) is 0 Å². The van der Waals surface area contributed by atoms with E-state index < -0.39 is 4.87 Å². The van der Waals surface area contributed by atoms with Crippen molar-refractivity contribution in [1.82, 2.24) is 0 Å². The smallest absolute Gasteiger partial charge is 0.342 e. The molecule has 134 valence electrons. The fraction of sp³-hybridized carbons (Fsp3) is 0.286. The second-order valence-electron chi connectivity index (χ2n) is 6.38. The molecule has 5 heteroatoms. The minimum atomic E-state index is -0.494. The molecule has 4 rings (SSSR count). The Morgan fingerprint density at radius 2 is 1.96 bits per heavy atom. The van der Waals surface area contributed by atoms with E-state index in [1.807, 2.05) is 37.3 Å². The van der Waals surface area contributed by atoms with E-state index in [2.05, 4.69) is 30.9 Å². The number of rotatable bonds is 4. The summed E-state index contributed by atoms with van der Waals surface area (Å²) in [5.41, 5.74) is 2.08. The zero-order valence-electron chi connectivity index (χ0n) is 15.1. The van der Waals surface area contributed by atoms with Crippen LogP contribution in [0.1, 0.15) is 26.3 Å². The SMILES string of the molecule is CCOc1ccc2cc(C3(C)Sc4ccccc4N3CC)c(=O)oc2c1. The number of hydrogen-bond acceptors (Lipinski definition) is 5. The van der Waals surface area contributed by atoms with Crippen molar-refractivity contribution in [2.75, 3.05) is 18.1 Å². The standard InChI is InChI=1S/C21H21NO3S/c1-4-22-17-8-6-7-9-19(17)26-21(22,3)16-12-14-10-11-15(24-5-2)13-18(14)25-20(16)23/h6-13H,4-5H2,1-3H3. The van der Waals surface area contributed by atoms with Gasteiger partial charge in [-0.2, -0.15) is 0 Å². The van der Waals surface area contributed by atoms with E-state index in [0.29, 0.717) is 23.5 Å². The highest BCUT2D eigenvalue weighted by atomic mass is 32.2. The molecule has 1 unspecified atom stereocenters. The summed E-state index contributed by atoms with van der Waals surface area (Å²) in [6, 6.07) is 15.9. The first-order valence-electron chi connectivity index (χ1n) is 8.83. The van der Waals surface area contributed by atoms with Gasteiger partial charge in [-0.3, -0.25) is 0 Å². The van der Waals surface area contributed by atoms with E-state index in [9.17, 15) is 4.79 Å². The molecule has 0 spiro atoms. The van der Waals surface area contributed by atoms with Crippen LogP contribution < -0.4 is 15.3 Å². The number of thioether (sulfide) groups is 1. The molecular weight excluding hydrogens is 346 g/mol. The van der Waals surface area contributed by atoms with Gasteiger partial charge >= 0.3 is 5.63 Å². The Bertz CT molecular complexity index is 1030. The van der Waals surface area contributed by atoms with Crippen molar-refractivity contribution in [2.45, 2.75) is 30.5 Å². The van der Waals surface area contributed by atoms with Gasteiger partial charge in [0.15, 0.2) is 0 Å². The average Bonchev–Trinajstić information content (AvgIpc) is 2.93. The van der Waals surface area contributed by atoms with E-state index in [1.165, 1.54) is 4.90 Å². The van der Waals surface area contributed by atoms with Crippen LogP contribution in [0.5, 0.6) is 5.75 Å². The molecule has 0 saturated heterocycles. The highest BCUT2D eigenvalue weighted by molar-refractivity contribution is 8.00.